The van der Waals surface area contributed by atoms with Gasteiger partial charge < -0.3 is 4.74 Å². The Morgan fingerprint density at radius 3 is 2.48 bits per heavy atom. The molecule has 118 valence electrons. The van der Waals surface area contributed by atoms with E-state index in [1.165, 1.54) is 24.0 Å². The third-order valence-electron chi connectivity index (χ3n) is 4.17. The highest BCUT2D eigenvalue weighted by Gasteiger charge is 2.20. The van der Waals surface area contributed by atoms with Gasteiger partial charge in [0.25, 0.3) is 0 Å². The topological polar surface area (TPSA) is 69.4 Å². The lowest BCUT2D eigenvalue weighted by Gasteiger charge is -2.21. The van der Waals surface area contributed by atoms with E-state index in [0.717, 1.165) is 18.6 Å². The standard InChI is InChI=1S/C16H25NO3S/c1-12(2)15(11-21(17,18)19)10-20-16-8-7-13-5-3-4-6-14(13)9-16/h7-9,12,15H,3-6,10-11H2,1-2H3,(H2,17,18,19). The zero-order valence-corrected chi connectivity index (χ0v) is 13.7. The second kappa shape index (κ2) is 6.79. The summed E-state index contributed by atoms with van der Waals surface area (Å²) in [5.74, 6) is 0.919. The van der Waals surface area contributed by atoms with Crippen LogP contribution < -0.4 is 9.88 Å². The number of benzene rings is 1. The van der Waals surface area contributed by atoms with Gasteiger partial charge in [0.15, 0.2) is 0 Å². The molecule has 4 nitrogen and oxygen atoms in total. The number of aryl methyl sites for hydroxylation is 2. The van der Waals surface area contributed by atoms with Gasteiger partial charge in [0, 0.05) is 5.92 Å². The predicted octanol–water partition coefficient (Wildman–Crippen LogP) is 2.50. The van der Waals surface area contributed by atoms with Crippen LogP contribution in [0, 0.1) is 11.8 Å². The van der Waals surface area contributed by atoms with Crippen LogP contribution in [-0.4, -0.2) is 20.8 Å². The van der Waals surface area contributed by atoms with Crippen molar-refractivity contribution >= 4 is 10.0 Å². The van der Waals surface area contributed by atoms with Crippen molar-refractivity contribution in [3.05, 3.63) is 29.3 Å². The molecule has 1 unspecified atom stereocenters. The number of hydrogen-bond acceptors (Lipinski definition) is 3. The highest BCUT2D eigenvalue weighted by molar-refractivity contribution is 7.89. The number of nitrogens with two attached hydrogens (primary N) is 1. The molecule has 2 N–H and O–H groups in total. The molecular weight excluding hydrogens is 286 g/mol. The first-order valence-corrected chi connectivity index (χ1v) is 9.32. The highest BCUT2D eigenvalue weighted by atomic mass is 32.2. The molecule has 1 aromatic rings. The normalized spacial score (nSPS) is 16.6. The van der Waals surface area contributed by atoms with Gasteiger partial charge in [0.05, 0.1) is 12.4 Å². The summed E-state index contributed by atoms with van der Waals surface area (Å²) in [6.07, 6.45) is 4.75. The van der Waals surface area contributed by atoms with E-state index in [0.29, 0.717) is 6.61 Å². The van der Waals surface area contributed by atoms with E-state index in [9.17, 15) is 8.42 Å². The molecule has 0 saturated heterocycles. The summed E-state index contributed by atoms with van der Waals surface area (Å²) in [7, 11) is -3.47. The fraction of sp³-hybridized carbons (Fsp3) is 0.625. The lowest BCUT2D eigenvalue weighted by Crippen LogP contribution is -2.30. The number of rotatable bonds is 6. The molecule has 2 rings (SSSR count). The van der Waals surface area contributed by atoms with Crippen LogP contribution in [0.3, 0.4) is 0 Å². The van der Waals surface area contributed by atoms with Crippen LogP contribution in [0.1, 0.15) is 37.8 Å². The van der Waals surface area contributed by atoms with Crippen molar-refractivity contribution in [1.29, 1.82) is 0 Å². The maximum Gasteiger partial charge on any atom is 0.209 e. The largest absolute Gasteiger partial charge is 0.493 e. The van der Waals surface area contributed by atoms with Crippen molar-refractivity contribution < 1.29 is 13.2 Å². The Bertz CT molecular complexity index is 581. The van der Waals surface area contributed by atoms with Gasteiger partial charge in [0.2, 0.25) is 10.0 Å². The maximum atomic E-state index is 11.3. The minimum Gasteiger partial charge on any atom is -0.493 e. The van der Waals surface area contributed by atoms with Crippen LogP contribution in [0.2, 0.25) is 0 Å². The lowest BCUT2D eigenvalue weighted by molar-refractivity contribution is 0.224. The van der Waals surface area contributed by atoms with E-state index in [-0.39, 0.29) is 17.6 Å². The van der Waals surface area contributed by atoms with Crippen molar-refractivity contribution in [3.63, 3.8) is 0 Å². The third kappa shape index (κ3) is 5.00. The van der Waals surface area contributed by atoms with Crippen LogP contribution in [-0.2, 0) is 22.9 Å². The van der Waals surface area contributed by atoms with Gasteiger partial charge in [-0.2, -0.15) is 0 Å². The second-order valence-corrected chi connectivity index (χ2v) is 7.94. The third-order valence-corrected chi connectivity index (χ3v) is 5.07. The Morgan fingerprint density at radius 1 is 1.19 bits per heavy atom. The van der Waals surface area contributed by atoms with Crippen LogP contribution in [0.15, 0.2) is 18.2 Å². The molecule has 0 spiro atoms. The number of sulfonamides is 1. The minimum atomic E-state index is -3.47. The zero-order valence-electron chi connectivity index (χ0n) is 12.8. The van der Waals surface area contributed by atoms with E-state index < -0.39 is 10.0 Å². The van der Waals surface area contributed by atoms with Crippen molar-refractivity contribution in [2.45, 2.75) is 39.5 Å². The molecule has 21 heavy (non-hydrogen) atoms. The van der Waals surface area contributed by atoms with Crippen LogP contribution in [0.4, 0.5) is 0 Å². The summed E-state index contributed by atoms with van der Waals surface area (Å²) in [6.45, 7) is 4.37. The summed E-state index contributed by atoms with van der Waals surface area (Å²) < 4.78 is 28.4. The molecule has 0 radical (unpaired) electrons. The average molecular weight is 311 g/mol. The molecule has 1 aromatic carbocycles. The lowest BCUT2D eigenvalue weighted by atomic mass is 9.92. The first-order valence-electron chi connectivity index (χ1n) is 7.60. The summed E-state index contributed by atoms with van der Waals surface area (Å²) in [5.41, 5.74) is 2.78. The molecule has 0 amide bonds. The molecule has 0 fully saturated rings. The van der Waals surface area contributed by atoms with Gasteiger partial charge in [-0.3, -0.25) is 0 Å². The molecular formula is C16H25NO3S. The smallest absolute Gasteiger partial charge is 0.209 e. The molecule has 0 bridgehead atoms. The Hall–Kier alpha value is -1.07. The van der Waals surface area contributed by atoms with E-state index in [2.05, 4.69) is 12.1 Å². The number of ether oxygens (including phenoxy) is 1. The monoisotopic (exact) mass is 311 g/mol. The number of fused-ring (bicyclic) bond motifs is 1. The Morgan fingerprint density at radius 2 is 1.86 bits per heavy atom. The summed E-state index contributed by atoms with van der Waals surface area (Å²) in [6, 6.07) is 6.22. The molecule has 0 aliphatic heterocycles. The quantitative estimate of drug-likeness (QED) is 0.877. The summed E-state index contributed by atoms with van der Waals surface area (Å²) in [4.78, 5) is 0. The molecule has 1 atom stereocenters. The average Bonchev–Trinajstić information content (AvgIpc) is 2.41. The molecule has 0 aromatic heterocycles. The van der Waals surface area contributed by atoms with Crippen LogP contribution in [0.25, 0.3) is 0 Å². The first kappa shape index (κ1) is 16.3. The molecule has 5 heteroatoms. The Kier molecular flexibility index (Phi) is 5.27. The Balaban J connectivity index is 2.00. The van der Waals surface area contributed by atoms with Gasteiger partial charge in [-0.1, -0.05) is 19.9 Å². The van der Waals surface area contributed by atoms with Gasteiger partial charge in [-0.15, -0.1) is 0 Å². The molecule has 1 aliphatic carbocycles. The molecule has 0 saturated carbocycles. The fourth-order valence-corrected chi connectivity index (χ4v) is 3.81. The fourth-order valence-electron chi connectivity index (χ4n) is 2.73. The first-order chi connectivity index (χ1) is 9.85. The van der Waals surface area contributed by atoms with Gasteiger partial charge >= 0.3 is 0 Å². The van der Waals surface area contributed by atoms with Crippen molar-refractivity contribution in [2.24, 2.45) is 17.0 Å². The SMILES string of the molecule is CC(C)C(COc1ccc2c(c1)CCCC2)CS(N)(=O)=O. The van der Waals surface area contributed by atoms with Crippen molar-refractivity contribution in [3.8, 4) is 5.75 Å². The second-order valence-electron chi connectivity index (χ2n) is 6.28. The van der Waals surface area contributed by atoms with Gasteiger partial charge in [-0.25, -0.2) is 13.6 Å². The molecule has 0 heterocycles. The summed E-state index contributed by atoms with van der Waals surface area (Å²) in [5, 5.41) is 5.15. The van der Waals surface area contributed by atoms with Crippen LogP contribution >= 0.6 is 0 Å². The maximum absolute atomic E-state index is 11.3. The minimum absolute atomic E-state index is 0.0321. The van der Waals surface area contributed by atoms with Gasteiger partial charge in [0.1, 0.15) is 5.75 Å². The molecule has 1 aliphatic rings. The highest BCUT2D eigenvalue weighted by Crippen LogP contribution is 2.26. The number of primary sulfonamides is 1. The van der Waals surface area contributed by atoms with E-state index >= 15 is 0 Å². The van der Waals surface area contributed by atoms with E-state index in [4.69, 9.17) is 9.88 Å². The summed E-state index contributed by atoms with van der Waals surface area (Å²) >= 11 is 0. The van der Waals surface area contributed by atoms with E-state index in [1.807, 2.05) is 19.9 Å². The van der Waals surface area contributed by atoms with Crippen molar-refractivity contribution in [2.75, 3.05) is 12.4 Å². The van der Waals surface area contributed by atoms with E-state index in [1.54, 1.807) is 0 Å². The predicted molar refractivity (Wildman–Crippen MR) is 84.9 cm³/mol. The Labute approximate surface area is 127 Å². The van der Waals surface area contributed by atoms with Gasteiger partial charge in [-0.05, 0) is 54.9 Å². The van der Waals surface area contributed by atoms with Crippen molar-refractivity contribution in [1.82, 2.24) is 0 Å². The van der Waals surface area contributed by atoms with Crippen LogP contribution in [0.5, 0.6) is 5.75 Å². The number of hydrogen-bond donors (Lipinski definition) is 1. The zero-order chi connectivity index (χ0) is 15.5.